The van der Waals surface area contributed by atoms with Gasteiger partial charge >= 0.3 is 0 Å². The van der Waals surface area contributed by atoms with Crippen molar-refractivity contribution in [2.24, 2.45) is 5.92 Å². The first-order valence-corrected chi connectivity index (χ1v) is 7.45. The standard InChI is InChI=1S/C17H28N2/c1-13-9-14(2)11-16(10-13)19-8-6-7-15(12-18-5)17(19,3)4/h9-11,15,18H,6-8,12H2,1-5H3. The quantitative estimate of drug-likeness (QED) is 0.894. The second kappa shape index (κ2) is 5.54. The number of nitrogens with one attached hydrogen (secondary N) is 1. The minimum absolute atomic E-state index is 0.224. The van der Waals surface area contributed by atoms with E-state index in [1.165, 1.54) is 36.2 Å². The van der Waals surface area contributed by atoms with Crippen LogP contribution in [0, 0.1) is 19.8 Å². The molecular weight excluding hydrogens is 232 g/mol. The first kappa shape index (κ1) is 14.4. The molecule has 0 spiro atoms. The Hall–Kier alpha value is -1.02. The van der Waals surface area contributed by atoms with Gasteiger partial charge in [0.25, 0.3) is 0 Å². The lowest BCUT2D eigenvalue weighted by Gasteiger charge is -2.50. The highest BCUT2D eigenvalue weighted by atomic mass is 15.2. The van der Waals surface area contributed by atoms with E-state index in [-0.39, 0.29) is 5.54 Å². The molecule has 0 amide bonds. The Kier molecular flexibility index (Phi) is 4.19. The lowest BCUT2D eigenvalue weighted by molar-refractivity contribution is 0.234. The van der Waals surface area contributed by atoms with Crippen molar-refractivity contribution in [2.45, 2.75) is 46.1 Å². The summed E-state index contributed by atoms with van der Waals surface area (Å²) in [6.45, 7) is 11.5. The summed E-state index contributed by atoms with van der Waals surface area (Å²) in [7, 11) is 2.06. The number of rotatable bonds is 3. The molecule has 2 heteroatoms. The van der Waals surface area contributed by atoms with E-state index in [4.69, 9.17) is 0 Å². The van der Waals surface area contributed by atoms with Crippen LogP contribution in [-0.4, -0.2) is 25.7 Å². The van der Waals surface area contributed by atoms with Gasteiger partial charge in [-0.2, -0.15) is 0 Å². The maximum Gasteiger partial charge on any atom is 0.0386 e. The normalized spacial score (nSPS) is 22.6. The lowest BCUT2D eigenvalue weighted by atomic mass is 9.78. The van der Waals surface area contributed by atoms with Crippen molar-refractivity contribution in [3.8, 4) is 0 Å². The largest absolute Gasteiger partial charge is 0.366 e. The molecule has 2 rings (SSSR count). The summed E-state index contributed by atoms with van der Waals surface area (Å²) >= 11 is 0. The van der Waals surface area contributed by atoms with Gasteiger partial charge in [-0.05, 0) is 83.3 Å². The Balaban J connectivity index is 2.31. The highest BCUT2D eigenvalue weighted by Crippen LogP contribution is 2.37. The van der Waals surface area contributed by atoms with E-state index >= 15 is 0 Å². The highest BCUT2D eigenvalue weighted by molar-refractivity contribution is 5.53. The number of nitrogens with zero attached hydrogens (tertiary/aromatic N) is 1. The lowest BCUT2D eigenvalue weighted by Crippen LogP contribution is -2.55. The second-order valence-corrected chi connectivity index (χ2v) is 6.55. The molecule has 0 radical (unpaired) electrons. The average molecular weight is 260 g/mol. The molecule has 1 saturated heterocycles. The minimum atomic E-state index is 0.224. The van der Waals surface area contributed by atoms with Gasteiger partial charge in [-0.3, -0.25) is 0 Å². The fourth-order valence-electron chi connectivity index (χ4n) is 3.52. The molecular formula is C17H28N2. The van der Waals surface area contributed by atoms with Crippen LogP contribution < -0.4 is 10.2 Å². The summed E-state index contributed by atoms with van der Waals surface area (Å²) in [5, 5.41) is 3.36. The van der Waals surface area contributed by atoms with Crippen LogP contribution in [-0.2, 0) is 0 Å². The Morgan fingerprint density at radius 1 is 1.21 bits per heavy atom. The van der Waals surface area contributed by atoms with Gasteiger partial charge in [0, 0.05) is 17.8 Å². The summed E-state index contributed by atoms with van der Waals surface area (Å²) in [5.74, 6) is 0.715. The number of aryl methyl sites for hydroxylation is 2. The highest BCUT2D eigenvalue weighted by Gasteiger charge is 2.38. The van der Waals surface area contributed by atoms with Crippen LogP contribution in [0.25, 0.3) is 0 Å². The van der Waals surface area contributed by atoms with E-state index in [1.54, 1.807) is 0 Å². The summed E-state index contributed by atoms with van der Waals surface area (Å²) in [6, 6.07) is 6.92. The Labute approximate surface area is 118 Å². The fourth-order valence-corrected chi connectivity index (χ4v) is 3.52. The summed E-state index contributed by atoms with van der Waals surface area (Å²) in [6.07, 6.45) is 2.62. The molecule has 106 valence electrons. The first-order valence-electron chi connectivity index (χ1n) is 7.45. The van der Waals surface area contributed by atoms with Crippen molar-refractivity contribution < 1.29 is 0 Å². The van der Waals surface area contributed by atoms with E-state index in [2.05, 4.69) is 63.2 Å². The molecule has 1 aromatic carbocycles. The predicted molar refractivity (Wildman–Crippen MR) is 84.0 cm³/mol. The third kappa shape index (κ3) is 2.94. The molecule has 1 aliphatic rings. The number of anilines is 1. The van der Waals surface area contributed by atoms with E-state index in [1.807, 2.05) is 0 Å². The summed E-state index contributed by atoms with van der Waals surface area (Å²) in [5.41, 5.74) is 4.34. The predicted octanol–water partition coefficient (Wildman–Crippen LogP) is 3.52. The van der Waals surface area contributed by atoms with Crippen LogP contribution in [0.15, 0.2) is 18.2 Å². The minimum Gasteiger partial charge on any atom is -0.366 e. The Bertz CT molecular complexity index is 415. The van der Waals surface area contributed by atoms with Crippen molar-refractivity contribution in [2.75, 3.05) is 25.0 Å². The monoisotopic (exact) mass is 260 g/mol. The van der Waals surface area contributed by atoms with Crippen LogP contribution in [0.5, 0.6) is 0 Å². The zero-order valence-corrected chi connectivity index (χ0v) is 13.1. The second-order valence-electron chi connectivity index (χ2n) is 6.55. The number of benzene rings is 1. The molecule has 0 bridgehead atoms. The molecule has 1 atom stereocenters. The molecule has 19 heavy (non-hydrogen) atoms. The van der Waals surface area contributed by atoms with Crippen LogP contribution in [0.2, 0.25) is 0 Å². The molecule has 1 unspecified atom stereocenters. The van der Waals surface area contributed by atoms with Gasteiger partial charge in [0.1, 0.15) is 0 Å². The third-order valence-electron chi connectivity index (χ3n) is 4.60. The van der Waals surface area contributed by atoms with E-state index in [0.29, 0.717) is 5.92 Å². The molecule has 0 aromatic heterocycles. The van der Waals surface area contributed by atoms with Crippen molar-refractivity contribution in [3.05, 3.63) is 29.3 Å². The van der Waals surface area contributed by atoms with Gasteiger partial charge in [-0.25, -0.2) is 0 Å². The number of hydrogen-bond donors (Lipinski definition) is 1. The summed E-state index contributed by atoms with van der Waals surface area (Å²) in [4.78, 5) is 2.61. The Morgan fingerprint density at radius 2 is 1.84 bits per heavy atom. The van der Waals surface area contributed by atoms with E-state index in [9.17, 15) is 0 Å². The zero-order valence-electron chi connectivity index (χ0n) is 13.1. The third-order valence-corrected chi connectivity index (χ3v) is 4.60. The number of piperidine rings is 1. The fraction of sp³-hybridized carbons (Fsp3) is 0.647. The van der Waals surface area contributed by atoms with Gasteiger partial charge in [-0.1, -0.05) is 6.07 Å². The molecule has 1 heterocycles. The van der Waals surface area contributed by atoms with Crippen molar-refractivity contribution in [1.29, 1.82) is 0 Å². The van der Waals surface area contributed by atoms with Crippen LogP contribution in [0.1, 0.15) is 37.8 Å². The SMILES string of the molecule is CNCC1CCCN(c2cc(C)cc(C)c2)C1(C)C. The molecule has 0 aliphatic carbocycles. The molecule has 1 N–H and O–H groups in total. The van der Waals surface area contributed by atoms with Gasteiger partial charge in [0.2, 0.25) is 0 Å². The molecule has 1 fully saturated rings. The molecule has 1 aliphatic heterocycles. The first-order chi connectivity index (χ1) is 8.95. The maximum absolute atomic E-state index is 3.36. The van der Waals surface area contributed by atoms with Crippen LogP contribution in [0.4, 0.5) is 5.69 Å². The van der Waals surface area contributed by atoms with Crippen LogP contribution >= 0.6 is 0 Å². The maximum atomic E-state index is 3.36. The van der Waals surface area contributed by atoms with E-state index < -0.39 is 0 Å². The van der Waals surface area contributed by atoms with Crippen molar-refractivity contribution in [3.63, 3.8) is 0 Å². The Morgan fingerprint density at radius 3 is 2.42 bits per heavy atom. The molecule has 0 saturated carbocycles. The van der Waals surface area contributed by atoms with Crippen molar-refractivity contribution in [1.82, 2.24) is 5.32 Å². The average Bonchev–Trinajstić information content (AvgIpc) is 2.30. The molecule has 1 aromatic rings. The summed E-state index contributed by atoms with van der Waals surface area (Å²) < 4.78 is 0. The smallest absolute Gasteiger partial charge is 0.0386 e. The zero-order chi connectivity index (χ0) is 14.0. The van der Waals surface area contributed by atoms with Gasteiger partial charge in [0.15, 0.2) is 0 Å². The number of hydrogen-bond acceptors (Lipinski definition) is 2. The van der Waals surface area contributed by atoms with Crippen LogP contribution in [0.3, 0.4) is 0 Å². The molecule has 2 nitrogen and oxygen atoms in total. The van der Waals surface area contributed by atoms with Gasteiger partial charge < -0.3 is 10.2 Å². The van der Waals surface area contributed by atoms with E-state index in [0.717, 1.165) is 6.54 Å². The van der Waals surface area contributed by atoms with Gasteiger partial charge in [-0.15, -0.1) is 0 Å². The van der Waals surface area contributed by atoms with Crippen molar-refractivity contribution >= 4 is 5.69 Å². The topological polar surface area (TPSA) is 15.3 Å². The van der Waals surface area contributed by atoms with Gasteiger partial charge in [0.05, 0.1) is 0 Å².